The van der Waals surface area contributed by atoms with Crippen LogP contribution in [0.3, 0.4) is 0 Å². The van der Waals surface area contributed by atoms with Gasteiger partial charge in [0.2, 0.25) is 0 Å². The number of anilines is 2. The first-order chi connectivity index (χ1) is 17.6. The fourth-order valence-electron chi connectivity index (χ4n) is 4.46. The van der Waals surface area contributed by atoms with Crippen LogP contribution in [-0.4, -0.2) is 81.8 Å². The highest BCUT2D eigenvalue weighted by Gasteiger charge is 2.20. The predicted octanol–water partition coefficient (Wildman–Crippen LogP) is 3.00. The highest BCUT2D eigenvalue weighted by atomic mass is 16.5. The SMILES string of the molecule is COCCN(CCCCc1ccc2c(n1)NCCC2)CC[C@H](Nc1ncnc2cnccc12)C(=O)O. The van der Waals surface area contributed by atoms with Crippen LogP contribution >= 0.6 is 0 Å². The zero-order chi connectivity index (χ0) is 25.2. The Labute approximate surface area is 211 Å². The summed E-state index contributed by atoms with van der Waals surface area (Å²) >= 11 is 0. The van der Waals surface area contributed by atoms with Crippen LogP contribution in [0.2, 0.25) is 0 Å². The molecule has 0 aromatic carbocycles. The molecule has 0 bridgehead atoms. The van der Waals surface area contributed by atoms with Gasteiger partial charge in [0.25, 0.3) is 0 Å². The molecule has 3 aromatic heterocycles. The summed E-state index contributed by atoms with van der Waals surface area (Å²) in [5.41, 5.74) is 3.10. The molecule has 1 atom stereocenters. The summed E-state index contributed by atoms with van der Waals surface area (Å²) in [6.07, 6.45) is 10.4. The van der Waals surface area contributed by atoms with Crippen molar-refractivity contribution in [2.75, 3.05) is 50.5 Å². The molecule has 0 unspecified atom stereocenters. The van der Waals surface area contributed by atoms with Crippen LogP contribution in [0.4, 0.5) is 11.6 Å². The predicted molar refractivity (Wildman–Crippen MR) is 139 cm³/mol. The number of aryl methyl sites for hydroxylation is 2. The van der Waals surface area contributed by atoms with Gasteiger partial charge in [-0.15, -0.1) is 0 Å². The number of hydrogen-bond acceptors (Lipinski definition) is 9. The van der Waals surface area contributed by atoms with E-state index in [-0.39, 0.29) is 0 Å². The van der Waals surface area contributed by atoms with E-state index in [9.17, 15) is 9.90 Å². The van der Waals surface area contributed by atoms with Gasteiger partial charge >= 0.3 is 5.97 Å². The Bertz CT molecular complexity index is 1140. The van der Waals surface area contributed by atoms with Gasteiger partial charge < -0.3 is 25.4 Å². The summed E-state index contributed by atoms with van der Waals surface area (Å²) in [5, 5.41) is 17.1. The second-order valence-electron chi connectivity index (χ2n) is 9.07. The zero-order valence-electron chi connectivity index (χ0n) is 20.8. The lowest BCUT2D eigenvalue weighted by molar-refractivity contribution is -0.138. The number of nitrogens with zero attached hydrogens (tertiary/aromatic N) is 5. The Morgan fingerprint density at radius 3 is 3.00 bits per heavy atom. The maximum atomic E-state index is 12.0. The van der Waals surface area contributed by atoms with Gasteiger partial charge in [-0.1, -0.05) is 6.07 Å². The third kappa shape index (κ3) is 7.08. The number of carboxylic acids is 1. The number of pyridine rings is 2. The first-order valence-electron chi connectivity index (χ1n) is 12.6. The molecule has 0 spiro atoms. The quantitative estimate of drug-likeness (QED) is 0.289. The molecule has 0 amide bonds. The summed E-state index contributed by atoms with van der Waals surface area (Å²) < 4.78 is 5.29. The number of nitrogens with one attached hydrogen (secondary N) is 2. The lowest BCUT2D eigenvalue weighted by Crippen LogP contribution is -2.37. The molecule has 3 N–H and O–H groups in total. The normalized spacial score (nSPS) is 13.8. The molecule has 1 aliphatic rings. The lowest BCUT2D eigenvalue weighted by Gasteiger charge is -2.24. The van der Waals surface area contributed by atoms with Gasteiger partial charge in [-0.05, 0) is 62.8 Å². The number of fused-ring (bicyclic) bond motifs is 2. The number of methoxy groups -OCH3 is 1. The largest absolute Gasteiger partial charge is 0.480 e. The Morgan fingerprint density at radius 1 is 1.22 bits per heavy atom. The number of ether oxygens (including phenoxy) is 1. The van der Waals surface area contributed by atoms with Gasteiger partial charge in [-0.25, -0.2) is 19.7 Å². The van der Waals surface area contributed by atoms with Gasteiger partial charge in [0.15, 0.2) is 0 Å². The number of carbonyl (C=O) groups is 1. The lowest BCUT2D eigenvalue weighted by atomic mass is 10.1. The van der Waals surface area contributed by atoms with E-state index < -0.39 is 12.0 Å². The molecular weight excluding hydrogens is 458 g/mol. The van der Waals surface area contributed by atoms with E-state index in [4.69, 9.17) is 9.72 Å². The van der Waals surface area contributed by atoms with Gasteiger partial charge in [0.05, 0.1) is 18.3 Å². The smallest absolute Gasteiger partial charge is 0.326 e. The van der Waals surface area contributed by atoms with Crippen LogP contribution in [0.5, 0.6) is 0 Å². The Hall–Kier alpha value is -3.37. The number of rotatable bonds is 14. The molecule has 0 radical (unpaired) electrons. The summed E-state index contributed by atoms with van der Waals surface area (Å²) in [5.74, 6) is 0.639. The molecule has 0 saturated heterocycles. The third-order valence-corrected chi connectivity index (χ3v) is 6.50. The maximum Gasteiger partial charge on any atom is 0.326 e. The van der Waals surface area contributed by atoms with E-state index in [0.717, 1.165) is 68.6 Å². The van der Waals surface area contributed by atoms with Crippen LogP contribution in [0.25, 0.3) is 10.9 Å². The minimum absolute atomic E-state index is 0.438. The fraction of sp³-hybridized carbons (Fsp3) is 0.500. The molecule has 10 heteroatoms. The van der Waals surface area contributed by atoms with Crippen molar-refractivity contribution in [1.82, 2.24) is 24.8 Å². The van der Waals surface area contributed by atoms with E-state index in [1.54, 1.807) is 25.6 Å². The number of aromatic nitrogens is 4. The highest BCUT2D eigenvalue weighted by molar-refractivity contribution is 5.90. The van der Waals surface area contributed by atoms with E-state index >= 15 is 0 Å². The van der Waals surface area contributed by atoms with Crippen molar-refractivity contribution >= 4 is 28.5 Å². The third-order valence-electron chi connectivity index (χ3n) is 6.50. The topological polar surface area (TPSA) is 125 Å². The van der Waals surface area contributed by atoms with Gasteiger partial charge in [-0.2, -0.15) is 0 Å². The minimum Gasteiger partial charge on any atom is -0.480 e. The number of aliphatic carboxylic acids is 1. The molecule has 4 rings (SSSR count). The summed E-state index contributed by atoms with van der Waals surface area (Å²) in [6, 6.07) is 5.36. The van der Waals surface area contributed by atoms with Gasteiger partial charge in [0, 0.05) is 44.0 Å². The van der Waals surface area contributed by atoms with Crippen LogP contribution in [0, 0.1) is 0 Å². The fourth-order valence-corrected chi connectivity index (χ4v) is 4.46. The number of carboxylic acid groups (broad SMARTS) is 1. The molecule has 192 valence electrons. The number of hydrogen-bond donors (Lipinski definition) is 3. The average Bonchev–Trinajstić information content (AvgIpc) is 2.91. The minimum atomic E-state index is -0.908. The molecule has 0 aliphatic carbocycles. The zero-order valence-corrected chi connectivity index (χ0v) is 20.8. The Balaban J connectivity index is 1.29. The van der Waals surface area contributed by atoms with E-state index in [1.165, 1.54) is 11.9 Å². The van der Waals surface area contributed by atoms with Crippen molar-refractivity contribution < 1.29 is 14.6 Å². The van der Waals surface area contributed by atoms with Crippen molar-refractivity contribution in [2.24, 2.45) is 0 Å². The van der Waals surface area contributed by atoms with Gasteiger partial charge in [-0.3, -0.25) is 4.98 Å². The van der Waals surface area contributed by atoms with E-state index in [1.807, 2.05) is 0 Å². The summed E-state index contributed by atoms with van der Waals surface area (Å²) in [7, 11) is 1.69. The van der Waals surface area contributed by atoms with Gasteiger partial charge in [0.1, 0.15) is 24.0 Å². The molecule has 0 saturated carbocycles. The first-order valence-corrected chi connectivity index (χ1v) is 12.6. The van der Waals surface area contributed by atoms with Crippen molar-refractivity contribution in [1.29, 1.82) is 0 Å². The molecule has 36 heavy (non-hydrogen) atoms. The van der Waals surface area contributed by atoms with Crippen LogP contribution in [0.15, 0.2) is 36.9 Å². The van der Waals surface area contributed by atoms with E-state index in [0.29, 0.717) is 30.9 Å². The summed E-state index contributed by atoms with van der Waals surface area (Å²) in [6.45, 7) is 3.87. The first kappa shape index (κ1) is 25.7. The van der Waals surface area contributed by atoms with Crippen LogP contribution in [0.1, 0.15) is 36.9 Å². The summed E-state index contributed by atoms with van der Waals surface area (Å²) in [4.78, 5) is 31.6. The van der Waals surface area contributed by atoms with Crippen molar-refractivity contribution in [3.05, 3.63) is 48.2 Å². The molecular formula is C26H35N7O3. The standard InChI is InChI=1S/C26H35N7O3/c1-36-16-15-33(13-3-2-6-20-8-7-19-5-4-11-28-24(19)31-20)14-10-22(26(34)35)32-25-21-9-12-27-17-23(21)29-18-30-25/h7-9,12,17-18,22H,2-6,10-11,13-16H2,1H3,(H,28,31)(H,34,35)(H,29,30,32)/t22-/m0/s1. The van der Waals surface area contributed by atoms with E-state index in [2.05, 4.69) is 42.6 Å². The average molecular weight is 494 g/mol. The molecule has 3 aromatic rings. The monoisotopic (exact) mass is 493 g/mol. The highest BCUT2D eigenvalue weighted by Crippen LogP contribution is 2.21. The molecule has 4 heterocycles. The van der Waals surface area contributed by atoms with Crippen molar-refractivity contribution in [3.8, 4) is 0 Å². The van der Waals surface area contributed by atoms with Crippen LogP contribution in [-0.2, 0) is 22.4 Å². The Morgan fingerprint density at radius 2 is 2.14 bits per heavy atom. The molecule has 0 fully saturated rings. The Kier molecular flexibility index (Phi) is 9.34. The second-order valence-corrected chi connectivity index (χ2v) is 9.07. The van der Waals surface area contributed by atoms with Crippen LogP contribution < -0.4 is 10.6 Å². The molecule has 10 nitrogen and oxygen atoms in total. The number of unbranched alkanes of at least 4 members (excludes halogenated alkanes) is 1. The van der Waals surface area contributed by atoms with Crippen molar-refractivity contribution in [3.63, 3.8) is 0 Å². The van der Waals surface area contributed by atoms with Crippen molar-refractivity contribution in [2.45, 2.75) is 44.6 Å². The molecule has 1 aliphatic heterocycles. The maximum absolute atomic E-state index is 12.0. The second kappa shape index (κ2) is 13.1.